The molecule has 0 amide bonds. The van der Waals surface area contributed by atoms with Gasteiger partial charge in [0.15, 0.2) is 12.4 Å². The van der Waals surface area contributed by atoms with Crippen LogP contribution in [0.5, 0.6) is 5.75 Å². The summed E-state index contributed by atoms with van der Waals surface area (Å²) in [7, 11) is 0. The highest BCUT2D eigenvalue weighted by molar-refractivity contribution is 5.82. The number of aryl methyl sites for hydroxylation is 1. The summed E-state index contributed by atoms with van der Waals surface area (Å²) in [5, 5.41) is 13.8. The first kappa shape index (κ1) is 15.9. The maximum absolute atomic E-state index is 13.3. The minimum atomic E-state index is -0.387. The van der Waals surface area contributed by atoms with Crippen LogP contribution in [0.1, 0.15) is 11.4 Å². The van der Waals surface area contributed by atoms with Crippen LogP contribution in [0.4, 0.5) is 4.39 Å². The van der Waals surface area contributed by atoms with Crippen LogP contribution in [0.25, 0.3) is 22.3 Å². The van der Waals surface area contributed by atoms with Crippen molar-refractivity contribution in [2.24, 2.45) is 0 Å². The fourth-order valence-corrected chi connectivity index (χ4v) is 2.59. The highest BCUT2D eigenvalue weighted by Gasteiger charge is 2.18. The first-order valence-corrected chi connectivity index (χ1v) is 7.80. The van der Waals surface area contributed by atoms with Crippen molar-refractivity contribution in [3.8, 4) is 17.1 Å². The lowest BCUT2D eigenvalue weighted by atomic mass is 10.1. The summed E-state index contributed by atoms with van der Waals surface area (Å²) in [5.41, 5.74) is 1.54. The van der Waals surface area contributed by atoms with Gasteiger partial charge in [-0.1, -0.05) is 16.8 Å². The van der Waals surface area contributed by atoms with Crippen LogP contribution < -0.4 is 10.2 Å². The Bertz CT molecular complexity index is 1120. The fraction of sp³-hybridized carbons (Fsp3) is 0.111. The predicted molar refractivity (Wildman–Crippen MR) is 91.1 cm³/mol. The van der Waals surface area contributed by atoms with Gasteiger partial charge in [0.1, 0.15) is 11.4 Å². The Morgan fingerprint density at radius 2 is 2.00 bits per heavy atom. The standard InChI is InChI=1S/C18H13FN4O3/c1-10-2-7-14-13(8-10)16(24)18(25-9-15-20-22-23-21-15)17(26-14)11-3-5-12(19)6-4-11/h2-8H,9H2,1H3,(H,20,21,22,23). The van der Waals surface area contributed by atoms with Crippen molar-refractivity contribution < 1.29 is 13.5 Å². The van der Waals surface area contributed by atoms with Crippen molar-refractivity contribution in [3.05, 3.63) is 69.9 Å². The zero-order valence-electron chi connectivity index (χ0n) is 13.7. The van der Waals surface area contributed by atoms with Gasteiger partial charge in [0, 0.05) is 5.56 Å². The Hall–Kier alpha value is -3.55. The van der Waals surface area contributed by atoms with Gasteiger partial charge in [-0.25, -0.2) is 4.39 Å². The van der Waals surface area contributed by atoms with E-state index < -0.39 is 0 Å². The molecule has 26 heavy (non-hydrogen) atoms. The third kappa shape index (κ3) is 2.92. The Labute approximate surface area is 146 Å². The molecule has 4 aromatic rings. The molecule has 130 valence electrons. The quantitative estimate of drug-likeness (QED) is 0.607. The Morgan fingerprint density at radius 3 is 2.73 bits per heavy atom. The van der Waals surface area contributed by atoms with Crippen molar-refractivity contribution in [2.75, 3.05) is 0 Å². The van der Waals surface area contributed by atoms with Gasteiger partial charge in [-0.3, -0.25) is 4.79 Å². The topological polar surface area (TPSA) is 93.9 Å². The molecular weight excluding hydrogens is 339 g/mol. The van der Waals surface area contributed by atoms with Crippen molar-refractivity contribution in [1.29, 1.82) is 0 Å². The number of ether oxygens (including phenoxy) is 1. The Balaban J connectivity index is 1.89. The van der Waals surface area contributed by atoms with Gasteiger partial charge in [-0.05, 0) is 43.3 Å². The summed E-state index contributed by atoms with van der Waals surface area (Å²) in [6.07, 6.45) is 0. The maximum Gasteiger partial charge on any atom is 0.235 e. The molecule has 0 radical (unpaired) electrons. The fourth-order valence-electron chi connectivity index (χ4n) is 2.59. The summed E-state index contributed by atoms with van der Waals surface area (Å²) in [4.78, 5) is 13.0. The van der Waals surface area contributed by atoms with E-state index in [1.165, 1.54) is 24.3 Å². The summed E-state index contributed by atoms with van der Waals surface area (Å²) in [6.45, 7) is 1.82. The second-order valence-electron chi connectivity index (χ2n) is 5.71. The number of nitrogens with zero attached hydrogens (tertiary/aromatic N) is 3. The van der Waals surface area contributed by atoms with Gasteiger partial charge in [0.2, 0.25) is 17.0 Å². The number of hydrogen-bond donors (Lipinski definition) is 1. The molecular formula is C18H13FN4O3. The minimum absolute atomic E-state index is 0.0134. The van der Waals surface area contributed by atoms with Crippen molar-refractivity contribution in [1.82, 2.24) is 20.6 Å². The van der Waals surface area contributed by atoms with E-state index >= 15 is 0 Å². The highest BCUT2D eigenvalue weighted by Crippen LogP contribution is 2.31. The molecule has 4 rings (SSSR count). The van der Waals surface area contributed by atoms with E-state index in [4.69, 9.17) is 9.15 Å². The third-order valence-electron chi connectivity index (χ3n) is 3.85. The molecule has 8 heteroatoms. The Kier molecular flexibility index (Phi) is 3.92. The summed E-state index contributed by atoms with van der Waals surface area (Å²) in [6, 6.07) is 10.9. The first-order chi connectivity index (χ1) is 12.6. The molecule has 1 N–H and O–H groups in total. The van der Waals surface area contributed by atoms with Crippen molar-refractivity contribution in [2.45, 2.75) is 13.5 Å². The van der Waals surface area contributed by atoms with E-state index in [9.17, 15) is 9.18 Å². The van der Waals surface area contributed by atoms with Crippen molar-refractivity contribution in [3.63, 3.8) is 0 Å². The van der Waals surface area contributed by atoms with E-state index in [-0.39, 0.29) is 29.4 Å². The zero-order chi connectivity index (χ0) is 18.1. The largest absolute Gasteiger partial charge is 0.478 e. The molecule has 0 aliphatic carbocycles. The van der Waals surface area contributed by atoms with Crippen LogP contribution in [0.15, 0.2) is 51.7 Å². The number of rotatable bonds is 4. The van der Waals surface area contributed by atoms with Gasteiger partial charge in [0.05, 0.1) is 5.39 Å². The van der Waals surface area contributed by atoms with E-state index in [0.29, 0.717) is 22.4 Å². The molecule has 2 aromatic carbocycles. The lowest BCUT2D eigenvalue weighted by molar-refractivity contribution is 0.288. The van der Waals surface area contributed by atoms with E-state index in [2.05, 4.69) is 20.6 Å². The van der Waals surface area contributed by atoms with Crippen LogP contribution in [-0.4, -0.2) is 20.6 Å². The van der Waals surface area contributed by atoms with Crippen LogP contribution in [0, 0.1) is 12.7 Å². The maximum atomic E-state index is 13.3. The second kappa shape index (κ2) is 6.40. The number of aromatic amines is 1. The molecule has 0 spiro atoms. The number of tetrazole rings is 1. The average molecular weight is 352 g/mol. The lowest BCUT2D eigenvalue weighted by Gasteiger charge is -2.11. The number of fused-ring (bicyclic) bond motifs is 1. The average Bonchev–Trinajstić information content (AvgIpc) is 3.15. The number of H-pyrrole nitrogens is 1. The third-order valence-corrected chi connectivity index (χ3v) is 3.85. The van der Waals surface area contributed by atoms with Gasteiger partial charge in [-0.2, -0.15) is 5.21 Å². The first-order valence-electron chi connectivity index (χ1n) is 7.80. The number of aromatic nitrogens is 4. The number of hydrogen-bond acceptors (Lipinski definition) is 6. The van der Waals surface area contributed by atoms with Crippen molar-refractivity contribution >= 4 is 11.0 Å². The highest BCUT2D eigenvalue weighted by atomic mass is 19.1. The minimum Gasteiger partial charge on any atom is -0.478 e. The Morgan fingerprint density at radius 1 is 1.19 bits per heavy atom. The zero-order valence-corrected chi connectivity index (χ0v) is 13.7. The normalized spacial score (nSPS) is 11.0. The predicted octanol–water partition coefficient (Wildman–Crippen LogP) is 3.00. The molecule has 0 saturated carbocycles. The molecule has 0 bridgehead atoms. The molecule has 0 unspecified atom stereocenters. The van der Waals surface area contributed by atoms with Gasteiger partial charge < -0.3 is 9.15 Å². The molecule has 2 aromatic heterocycles. The number of benzene rings is 2. The molecule has 0 aliphatic rings. The monoisotopic (exact) mass is 352 g/mol. The molecule has 0 fully saturated rings. The molecule has 7 nitrogen and oxygen atoms in total. The van der Waals surface area contributed by atoms with E-state index in [0.717, 1.165) is 5.56 Å². The van der Waals surface area contributed by atoms with E-state index in [1.54, 1.807) is 12.1 Å². The summed E-state index contributed by atoms with van der Waals surface area (Å²) >= 11 is 0. The van der Waals surface area contributed by atoms with Gasteiger partial charge in [-0.15, -0.1) is 10.2 Å². The van der Waals surface area contributed by atoms with Crippen LogP contribution in [-0.2, 0) is 6.61 Å². The molecule has 0 saturated heterocycles. The lowest BCUT2D eigenvalue weighted by Crippen LogP contribution is -2.11. The van der Waals surface area contributed by atoms with E-state index in [1.807, 2.05) is 13.0 Å². The van der Waals surface area contributed by atoms with Crippen LogP contribution in [0.2, 0.25) is 0 Å². The molecule has 2 heterocycles. The van der Waals surface area contributed by atoms with Crippen LogP contribution >= 0.6 is 0 Å². The smallest absolute Gasteiger partial charge is 0.235 e. The summed E-state index contributed by atoms with van der Waals surface area (Å²) in [5.74, 6) is 0.134. The SMILES string of the molecule is Cc1ccc2oc(-c3ccc(F)cc3)c(OCc3nn[nH]n3)c(=O)c2c1. The number of nitrogens with one attached hydrogen (secondary N) is 1. The number of halogens is 1. The second-order valence-corrected chi connectivity index (χ2v) is 5.71. The molecule has 0 atom stereocenters. The van der Waals surface area contributed by atoms with Crippen LogP contribution in [0.3, 0.4) is 0 Å². The summed E-state index contributed by atoms with van der Waals surface area (Å²) < 4.78 is 24.8. The van der Waals surface area contributed by atoms with Gasteiger partial charge >= 0.3 is 0 Å². The molecule has 0 aliphatic heterocycles. The van der Waals surface area contributed by atoms with Gasteiger partial charge in [0.25, 0.3) is 0 Å².